The number of anilines is 2. The summed E-state index contributed by atoms with van der Waals surface area (Å²) in [6, 6.07) is 8.48. The van der Waals surface area contributed by atoms with Gasteiger partial charge in [0.25, 0.3) is 11.8 Å². The maximum absolute atomic E-state index is 13.8. The van der Waals surface area contributed by atoms with Gasteiger partial charge in [0, 0.05) is 40.6 Å². The number of rotatable bonds is 10. The van der Waals surface area contributed by atoms with E-state index in [4.69, 9.17) is 9.47 Å². The van der Waals surface area contributed by atoms with E-state index in [-0.39, 0.29) is 50.7 Å². The molecule has 16 heteroatoms. The number of fused-ring (bicyclic) bond motifs is 1. The van der Waals surface area contributed by atoms with Gasteiger partial charge in [0.1, 0.15) is 16.4 Å². The molecular formula is C29H24F7N3O5S. The van der Waals surface area contributed by atoms with Crippen molar-refractivity contribution in [2.45, 2.75) is 18.6 Å². The predicted molar refractivity (Wildman–Crippen MR) is 152 cm³/mol. The third-order valence-electron chi connectivity index (χ3n) is 6.41. The Morgan fingerprint density at radius 3 is 2.31 bits per heavy atom. The van der Waals surface area contributed by atoms with Crippen molar-refractivity contribution in [3.63, 3.8) is 0 Å². The lowest BCUT2D eigenvalue weighted by atomic mass is 10.1. The van der Waals surface area contributed by atoms with Crippen LogP contribution in [-0.2, 0) is 17.1 Å². The zero-order chi connectivity index (χ0) is 33.1. The number of alkyl halides is 6. The van der Waals surface area contributed by atoms with Crippen molar-refractivity contribution in [3.8, 4) is 5.75 Å². The summed E-state index contributed by atoms with van der Waals surface area (Å²) in [6.45, 7) is 0.426. The average molecular weight is 660 g/mol. The van der Waals surface area contributed by atoms with Crippen molar-refractivity contribution in [1.82, 2.24) is 5.32 Å². The highest BCUT2D eigenvalue weighted by atomic mass is 32.1. The Balaban J connectivity index is 1.75. The van der Waals surface area contributed by atoms with Crippen LogP contribution in [0.5, 0.6) is 5.75 Å². The molecule has 2 amide bonds. The van der Waals surface area contributed by atoms with Gasteiger partial charge >= 0.3 is 12.4 Å². The number of thiophene rings is 1. The Hall–Kier alpha value is -4.41. The van der Waals surface area contributed by atoms with Crippen LogP contribution in [-0.4, -0.2) is 44.3 Å². The molecule has 0 spiro atoms. The molecule has 1 aromatic heterocycles. The Morgan fingerprint density at radius 2 is 1.67 bits per heavy atom. The molecule has 45 heavy (non-hydrogen) atoms. The molecule has 0 bridgehead atoms. The number of hydrogen-bond donors (Lipinski definition) is 4. The monoisotopic (exact) mass is 659 g/mol. The summed E-state index contributed by atoms with van der Waals surface area (Å²) in [5.41, 5.74) is -3.15. The number of carbonyl (C=O) groups excluding carboxylic acids is 2. The second-order valence-electron chi connectivity index (χ2n) is 9.41. The third-order valence-corrected chi connectivity index (χ3v) is 7.56. The maximum Gasteiger partial charge on any atom is 0.419 e. The fourth-order valence-electron chi connectivity index (χ4n) is 4.26. The molecule has 0 aliphatic heterocycles. The minimum Gasteiger partial charge on any atom is -0.496 e. The molecule has 0 radical (unpaired) electrons. The molecule has 1 heterocycles. The molecule has 4 aromatic rings. The van der Waals surface area contributed by atoms with Gasteiger partial charge in [-0.2, -0.15) is 26.3 Å². The fourth-order valence-corrected chi connectivity index (χ4v) is 5.36. The van der Waals surface area contributed by atoms with E-state index in [1.807, 2.05) is 0 Å². The van der Waals surface area contributed by atoms with Gasteiger partial charge in [-0.05, 0) is 48.5 Å². The predicted octanol–water partition coefficient (Wildman–Crippen LogP) is 6.82. The summed E-state index contributed by atoms with van der Waals surface area (Å²) in [6.07, 6.45) is -11.5. The molecule has 0 saturated carbocycles. The molecule has 3 aromatic carbocycles. The SMILES string of the molecule is COCCNC(=O)c1ccc(OC)c(C(O)Nc2c(C(=O)Nc3ccc(F)c(C(F)(F)F)c3)sc3cc(C(F)(F)F)ccc23)c1. The zero-order valence-corrected chi connectivity index (χ0v) is 24.1. The first-order chi connectivity index (χ1) is 21.1. The van der Waals surface area contributed by atoms with Crippen LogP contribution < -0.4 is 20.7 Å². The summed E-state index contributed by atoms with van der Waals surface area (Å²) in [5, 5.41) is 18.7. The van der Waals surface area contributed by atoms with Crippen LogP contribution in [0.25, 0.3) is 10.1 Å². The Labute approximate surface area is 254 Å². The smallest absolute Gasteiger partial charge is 0.419 e. The van der Waals surface area contributed by atoms with Crippen molar-refractivity contribution in [1.29, 1.82) is 0 Å². The van der Waals surface area contributed by atoms with Crippen LogP contribution >= 0.6 is 11.3 Å². The topological polar surface area (TPSA) is 109 Å². The molecule has 240 valence electrons. The Kier molecular flexibility index (Phi) is 9.89. The highest BCUT2D eigenvalue weighted by Crippen LogP contribution is 2.42. The van der Waals surface area contributed by atoms with Crippen LogP contribution in [0, 0.1) is 5.82 Å². The Morgan fingerprint density at radius 1 is 0.933 bits per heavy atom. The zero-order valence-electron chi connectivity index (χ0n) is 23.3. The molecular weight excluding hydrogens is 635 g/mol. The first kappa shape index (κ1) is 33.5. The lowest BCUT2D eigenvalue weighted by Crippen LogP contribution is -2.27. The molecule has 0 aliphatic carbocycles. The van der Waals surface area contributed by atoms with Crippen molar-refractivity contribution in [2.75, 3.05) is 38.0 Å². The van der Waals surface area contributed by atoms with E-state index >= 15 is 0 Å². The summed E-state index contributed by atoms with van der Waals surface area (Å²) in [7, 11) is 2.74. The molecule has 4 rings (SSSR count). The number of hydrogen-bond acceptors (Lipinski definition) is 7. The molecule has 4 N–H and O–H groups in total. The van der Waals surface area contributed by atoms with Crippen LogP contribution in [0.15, 0.2) is 54.6 Å². The molecule has 1 atom stereocenters. The van der Waals surface area contributed by atoms with Gasteiger partial charge in [-0.15, -0.1) is 11.3 Å². The highest BCUT2D eigenvalue weighted by molar-refractivity contribution is 7.21. The van der Waals surface area contributed by atoms with Crippen LogP contribution in [0.1, 0.15) is 42.9 Å². The summed E-state index contributed by atoms with van der Waals surface area (Å²) >= 11 is 0.572. The molecule has 8 nitrogen and oxygen atoms in total. The number of methoxy groups -OCH3 is 2. The number of nitrogens with one attached hydrogen (secondary N) is 3. The largest absolute Gasteiger partial charge is 0.496 e. The number of ether oxygens (including phenoxy) is 2. The number of amides is 2. The quantitative estimate of drug-likeness (QED) is 0.0846. The lowest BCUT2D eigenvalue weighted by molar-refractivity contribution is -0.140. The van der Waals surface area contributed by atoms with Gasteiger partial charge in [0.2, 0.25) is 0 Å². The summed E-state index contributed by atoms with van der Waals surface area (Å²) < 4.78 is 104. The number of aliphatic hydroxyl groups excluding tert-OH is 1. The fraction of sp³-hybridized carbons (Fsp3) is 0.241. The first-order valence-electron chi connectivity index (χ1n) is 12.9. The van der Waals surface area contributed by atoms with Crippen molar-refractivity contribution in [3.05, 3.63) is 87.5 Å². The van der Waals surface area contributed by atoms with Crippen molar-refractivity contribution >= 4 is 44.6 Å². The normalized spacial score (nSPS) is 12.6. The van der Waals surface area contributed by atoms with Gasteiger partial charge in [0.15, 0.2) is 6.23 Å². The number of aliphatic hydroxyl groups is 1. The lowest BCUT2D eigenvalue weighted by Gasteiger charge is -2.19. The van der Waals surface area contributed by atoms with E-state index in [1.165, 1.54) is 32.4 Å². The molecule has 0 saturated heterocycles. The van der Waals surface area contributed by atoms with E-state index in [0.29, 0.717) is 23.5 Å². The average Bonchev–Trinajstić information content (AvgIpc) is 3.34. The van der Waals surface area contributed by atoms with E-state index in [1.54, 1.807) is 0 Å². The molecule has 1 unspecified atom stereocenters. The van der Waals surface area contributed by atoms with E-state index in [2.05, 4.69) is 16.0 Å². The van der Waals surface area contributed by atoms with E-state index < -0.39 is 53.0 Å². The van der Waals surface area contributed by atoms with Gasteiger partial charge in [-0.25, -0.2) is 4.39 Å². The molecule has 0 fully saturated rings. The number of carbonyl (C=O) groups is 2. The van der Waals surface area contributed by atoms with E-state index in [0.717, 1.165) is 24.3 Å². The minimum absolute atomic E-state index is 0.0165. The maximum atomic E-state index is 13.8. The van der Waals surface area contributed by atoms with Crippen molar-refractivity contribution < 1.29 is 54.9 Å². The number of halogens is 7. The third kappa shape index (κ3) is 7.64. The summed E-state index contributed by atoms with van der Waals surface area (Å²) in [5.74, 6) is -3.03. The second-order valence-corrected chi connectivity index (χ2v) is 10.5. The van der Waals surface area contributed by atoms with Gasteiger partial charge in [-0.1, -0.05) is 6.07 Å². The van der Waals surface area contributed by atoms with Crippen LogP contribution in [0.4, 0.5) is 42.1 Å². The van der Waals surface area contributed by atoms with Gasteiger partial charge in [0.05, 0.1) is 30.5 Å². The van der Waals surface area contributed by atoms with Crippen LogP contribution in [0.3, 0.4) is 0 Å². The second kappa shape index (κ2) is 13.3. The minimum atomic E-state index is -5.07. The van der Waals surface area contributed by atoms with Crippen LogP contribution in [0.2, 0.25) is 0 Å². The van der Waals surface area contributed by atoms with Gasteiger partial charge in [-0.3, -0.25) is 9.59 Å². The van der Waals surface area contributed by atoms with Crippen molar-refractivity contribution in [2.24, 2.45) is 0 Å². The van der Waals surface area contributed by atoms with E-state index in [9.17, 15) is 45.4 Å². The number of benzene rings is 3. The standard InChI is InChI=1S/C29H24F7N3O5S/c1-43-10-9-37-25(40)14-3-8-21(44-2)18(11-14)26(41)39-23-17-6-4-15(28(31,32)33)12-22(17)45-24(23)27(42)38-16-5-7-20(30)19(13-16)29(34,35)36/h3-8,11-13,26,39,41H,9-10H2,1-2H3,(H,37,40)(H,38,42). The molecule has 0 aliphatic rings. The Bertz CT molecular complexity index is 1720. The summed E-state index contributed by atoms with van der Waals surface area (Å²) in [4.78, 5) is 25.6. The highest BCUT2D eigenvalue weighted by Gasteiger charge is 2.35. The van der Waals surface area contributed by atoms with Gasteiger partial charge < -0.3 is 30.5 Å². The first-order valence-corrected chi connectivity index (χ1v) is 13.7.